The van der Waals surface area contributed by atoms with Crippen LogP contribution in [0.5, 0.6) is 0 Å². The second kappa shape index (κ2) is 7.47. The van der Waals surface area contributed by atoms with E-state index in [2.05, 4.69) is 18.4 Å². The highest BCUT2D eigenvalue weighted by molar-refractivity contribution is 7.99. The number of thioether (sulfide) groups is 1. The summed E-state index contributed by atoms with van der Waals surface area (Å²) in [5.74, 6) is 1.13. The van der Waals surface area contributed by atoms with Gasteiger partial charge in [0, 0.05) is 39.2 Å². The Morgan fingerprint density at radius 1 is 1.35 bits per heavy atom. The first-order valence-electron chi connectivity index (χ1n) is 7.45. The third-order valence-electron chi connectivity index (χ3n) is 3.97. The number of carbonyl (C=O) groups excluding carboxylic acids is 1. The van der Waals surface area contributed by atoms with E-state index in [4.69, 9.17) is 23.2 Å². The third-order valence-corrected chi connectivity index (χ3v) is 6.86. The number of amides is 1. The van der Waals surface area contributed by atoms with Crippen molar-refractivity contribution in [2.75, 3.05) is 12.3 Å². The minimum atomic E-state index is -0.00306. The summed E-state index contributed by atoms with van der Waals surface area (Å²) in [4.78, 5) is 15.9. The Labute approximate surface area is 154 Å². The van der Waals surface area contributed by atoms with Gasteiger partial charge in [-0.1, -0.05) is 29.3 Å². The summed E-state index contributed by atoms with van der Waals surface area (Å²) in [6, 6.07) is 7.61. The first kappa shape index (κ1) is 17.2. The predicted molar refractivity (Wildman–Crippen MR) is 101 cm³/mol. The molecule has 0 saturated carbocycles. The average molecular weight is 386 g/mol. The maximum atomic E-state index is 12.7. The van der Waals surface area contributed by atoms with Crippen molar-refractivity contribution in [2.45, 2.75) is 25.1 Å². The molecular formula is C17H17Cl2NOS2. The van der Waals surface area contributed by atoms with Gasteiger partial charge in [-0.25, -0.2) is 0 Å². The highest BCUT2D eigenvalue weighted by Crippen LogP contribution is 2.41. The van der Waals surface area contributed by atoms with Gasteiger partial charge in [0.25, 0.3) is 0 Å². The molecule has 0 radical (unpaired) electrons. The lowest BCUT2D eigenvalue weighted by molar-refractivity contribution is -0.131. The first-order valence-corrected chi connectivity index (χ1v) is 10.1. The number of rotatable bonds is 4. The van der Waals surface area contributed by atoms with Gasteiger partial charge in [-0.15, -0.1) is 23.1 Å². The number of benzene rings is 1. The van der Waals surface area contributed by atoms with Crippen LogP contribution in [-0.2, 0) is 11.2 Å². The maximum Gasteiger partial charge on any atom is 0.224 e. The van der Waals surface area contributed by atoms with Gasteiger partial charge in [-0.3, -0.25) is 4.79 Å². The smallest absolute Gasteiger partial charge is 0.224 e. The van der Waals surface area contributed by atoms with E-state index in [1.54, 1.807) is 29.2 Å². The van der Waals surface area contributed by atoms with Crippen LogP contribution in [0.4, 0.5) is 0 Å². The van der Waals surface area contributed by atoms with Gasteiger partial charge in [0.2, 0.25) is 5.91 Å². The normalized spacial score (nSPS) is 17.7. The molecule has 1 aromatic carbocycles. The number of carbonyl (C=O) groups is 1. The summed E-state index contributed by atoms with van der Waals surface area (Å²) in [6.07, 6.45) is 1.36. The van der Waals surface area contributed by atoms with E-state index in [1.165, 1.54) is 10.4 Å². The molecule has 1 amide bonds. The molecule has 1 fully saturated rings. The molecule has 2 nitrogen and oxygen atoms in total. The minimum absolute atomic E-state index is 0.00306. The lowest BCUT2D eigenvalue weighted by Crippen LogP contribution is -2.30. The van der Waals surface area contributed by atoms with Crippen LogP contribution < -0.4 is 0 Å². The molecule has 1 saturated heterocycles. The van der Waals surface area contributed by atoms with E-state index in [9.17, 15) is 4.79 Å². The molecule has 3 rings (SSSR count). The quantitative estimate of drug-likeness (QED) is 0.685. The van der Waals surface area contributed by atoms with Crippen molar-refractivity contribution >= 4 is 52.2 Å². The summed E-state index contributed by atoms with van der Waals surface area (Å²) in [6.45, 7) is 2.87. The lowest BCUT2D eigenvalue weighted by atomic mass is 10.1. The van der Waals surface area contributed by atoms with Gasteiger partial charge in [-0.05, 0) is 42.5 Å². The number of aryl methyl sites for hydroxylation is 2. The first-order chi connectivity index (χ1) is 11.1. The molecule has 23 heavy (non-hydrogen) atoms. The average Bonchev–Trinajstić information content (AvgIpc) is 3.14. The fourth-order valence-corrected chi connectivity index (χ4v) is 5.51. The topological polar surface area (TPSA) is 20.3 Å². The van der Waals surface area contributed by atoms with Crippen molar-refractivity contribution < 1.29 is 4.79 Å². The summed E-state index contributed by atoms with van der Waals surface area (Å²) < 4.78 is 0. The zero-order chi connectivity index (χ0) is 16.4. The molecular weight excluding hydrogens is 369 g/mol. The van der Waals surface area contributed by atoms with Crippen molar-refractivity contribution in [2.24, 2.45) is 0 Å². The third kappa shape index (κ3) is 3.87. The molecule has 0 bridgehead atoms. The number of halogens is 2. The molecule has 122 valence electrons. The number of hydrogen-bond acceptors (Lipinski definition) is 3. The van der Waals surface area contributed by atoms with Crippen LogP contribution in [0.2, 0.25) is 10.0 Å². The zero-order valence-electron chi connectivity index (χ0n) is 12.7. The largest absolute Gasteiger partial charge is 0.326 e. The molecule has 2 aromatic rings. The highest BCUT2D eigenvalue weighted by atomic mass is 35.5. The van der Waals surface area contributed by atoms with Crippen LogP contribution in [0.15, 0.2) is 29.6 Å². The van der Waals surface area contributed by atoms with Gasteiger partial charge >= 0.3 is 0 Å². The molecule has 0 aliphatic carbocycles. The van der Waals surface area contributed by atoms with Gasteiger partial charge in [-0.2, -0.15) is 0 Å². The van der Waals surface area contributed by atoms with Gasteiger partial charge < -0.3 is 4.90 Å². The monoisotopic (exact) mass is 385 g/mol. The van der Waals surface area contributed by atoms with Crippen molar-refractivity contribution in [1.29, 1.82) is 0 Å². The highest BCUT2D eigenvalue weighted by Gasteiger charge is 2.31. The number of thiophene rings is 1. The van der Waals surface area contributed by atoms with Crippen molar-refractivity contribution in [3.8, 4) is 0 Å². The van der Waals surface area contributed by atoms with E-state index in [1.807, 2.05) is 17.0 Å². The molecule has 1 aromatic heterocycles. The molecule has 0 N–H and O–H groups in total. The molecule has 1 atom stereocenters. The molecule has 1 aliphatic heterocycles. The van der Waals surface area contributed by atoms with Crippen molar-refractivity contribution in [3.05, 3.63) is 55.7 Å². The number of nitrogens with zero attached hydrogens (tertiary/aromatic N) is 1. The Kier molecular flexibility index (Phi) is 5.57. The second-order valence-electron chi connectivity index (χ2n) is 5.50. The molecule has 1 unspecified atom stereocenters. The van der Waals surface area contributed by atoms with Crippen molar-refractivity contribution in [3.63, 3.8) is 0 Å². The molecule has 2 heterocycles. The van der Waals surface area contributed by atoms with Crippen LogP contribution in [0, 0.1) is 6.92 Å². The van der Waals surface area contributed by atoms with E-state index in [0.29, 0.717) is 16.5 Å². The van der Waals surface area contributed by atoms with Crippen LogP contribution in [-0.4, -0.2) is 23.1 Å². The Bertz CT molecular complexity index is 716. The van der Waals surface area contributed by atoms with E-state index >= 15 is 0 Å². The van der Waals surface area contributed by atoms with Crippen molar-refractivity contribution in [1.82, 2.24) is 4.90 Å². The molecule has 0 spiro atoms. The fourth-order valence-electron chi connectivity index (χ4n) is 2.71. The van der Waals surface area contributed by atoms with Gasteiger partial charge in [0.15, 0.2) is 0 Å². The molecule has 6 heteroatoms. The Balaban J connectivity index is 1.71. The van der Waals surface area contributed by atoms with E-state index in [0.717, 1.165) is 24.3 Å². The van der Waals surface area contributed by atoms with E-state index in [-0.39, 0.29) is 11.3 Å². The lowest BCUT2D eigenvalue weighted by Gasteiger charge is -2.25. The van der Waals surface area contributed by atoms with Gasteiger partial charge in [0.1, 0.15) is 5.37 Å². The van der Waals surface area contributed by atoms with Gasteiger partial charge in [0.05, 0.1) is 0 Å². The number of hydrogen-bond donors (Lipinski definition) is 0. The van der Waals surface area contributed by atoms with E-state index < -0.39 is 0 Å². The summed E-state index contributed by atoms with van der Waals surface area (Å²) >= 11 is 15.8. The molecule has 1 aliphatic rings. The second-order valence-corrected chi connectivity index (χ2v) is 8.54. The van der Waals surface area contributed by atoms with Crippen LogP contribution in [0.1, 0.15) is 27.8 Å². The predicted octanol–water partition coefficient (Wildman–Crippen LogP) is 5.57. The maximum absolute atomic E-state index is 12.7. The van der Waals surface area contributed by atoms with Crippen LogP contribution >= 0.6 is 46.3 Å². The minimum Gasteiger partial charge on any atom is -0.326 e. The Morgan fingerprint density at radius 3 is 2.87 bits per heavy atom. The Morgan fingerprint density at radius 2 is 2.17 bits per heavy atom. The SMILES string of the molecule is Cc1ccsc1CCC(=O)N1CCSC1c1ccc(Cl)cc1Cl. The summed E-state index contributed by atoms with van der Waals surface area (Å²) in [5, 5.41) is 3.32. The summed E-state index contributed by atoms with van der Waals surface area (Å²) in [7, 11) is 0. The Hall–Kier alpha value is -0.680. The fraction of sp³-hybridized carbons (Fsp3) is 0.353. The summed E-state index contributed by atoms with van der Waals surface area (Å²) in [5.41, 5.74) is 2.25. The van der Waals surface area contributed by atoms with Crippen LogP contribution in [0.25, 0.3) is 0 Å². The van der Waals surface area contributed by atoms with Crippen LogP contribution in [0.3, 0.4) is 0 Å². The standard InChI is InChI=1S/C17H17Cl2NOS2/c1-11-6-8-22-15(11)4-5-16(21)20-7-9-23-17(20)13-3-2-12(18)10-14(13)19/h2-3,6,8,10,17H,4-5,7,9H2,1H3. The zero-order valence-corrected chi connectivity index (χ0v) is 15.9.